The Kier molecular flexibility index (Phi) is 3.39. The first-order valence-corrected chi connectivity index (χ1v) is 6.48. The number of hydrogen-bond acceptors (Lipinski definition) is 4. The molecule has 0 saturated carbocycles. The largest absolute Gasteiger partial charge is 0.378 e. The second-order valence-corrected chi connectivity index (χ2v) is 4.75. The third-order valence-electron chi connectivity index (χ3n) is 2.86. The van der Waals surface area contributed by atoms with E-state index in [1.165, 1.54) is 0 Å². The van der Waals surface area contributed by atoms with Gasteiger partial charge in [0.25, 0.3) is 0 Å². The van der Waals surface area contributed by atoms with E-state index in [1.54, 1.807) is 17.2 Å². The van der Waals surface area contributed by atoms with Crippen LogP contribution in [-0.2, 0) is 13.6 Å². The van der Waals surface area contributed by atoms with E-state index in [1.807, 2.05) is 42.2 Å². The number of nitrogens with zero attached hydrogens (tertiary/aromatic N) is 5. The van der Waals surface area contributed by atoms with Gasteiger partial charge in [-0.1, -0.05) is 22.9 Å². The average molecular weight is 289 g/mol. The Morgan fingerprint density at radius 2 is 2.25 bits per heavy atom. The molecule has 0 aliphatic rings. The highest BCUT2D eigenvalue weighted by Crippen LogP contribution is 2.28. The summed E-state index contributed by atoms with van der Waals surface area (Å²) < 4.78 is 3.55. The number of aryl methyl sites for hydroxylation is 1. The lowest BCUT2D eigenvalue weighted by Crippen LogP contribution is -2.04. The van der Waals surface area contributed by atoms with Gasteiger partial charge in [0.1, 0.15) is 5.69 Å². The minimum Gasteiger partial charge on any atom is -0.378 e. The number of aromatic nitrogens is 5. The first-order chi connectivity index (χ1) is 9.74. The van der Waals surface area contributed by atoms with Gasteiger partial charge in [0.2, 0.25) is 0 Å². The molecule has 3 aromatic rings. The fraction of sp³-hybridized carbons (Fsp3) is 0.154. The molecule has 0 bridgehead atoms. The van der Waals surface area contributed by atoms with Crippen molar-refractivity contribution in [2.24, 2.45) is 7.05 Å². The predicted octanol–water partition coefficient (Wildman–Crippen LogP) is 2.27. The van der Waals surface area contributed by atoms with Gasteiger partial charge in [-0.2, -0.15) is 0 Å². The van der Waals surface area contributed by atoms with E-state index in [0.717, 1.165) is 17.1 Å². The summed E-state index contributed by atoms with van der Waals surface area (Å²) in [6.45, 7) is 0.579. The number of rotatable bonds is 4. The smallest absolute Gasteiger partial charge is 0.102 e. The number of anilines is 1. The monoisotopic (exact) mass is 288 g/mol. The van der Waals surface area contributed by atoms with Gasteiger partial charge in [-0.3, -0.25) is 4.68 Å². The molecule has 2 aromatic heterocycles. The topological polar surface area (TPSA) is 60.6 Å². The number of halogens is 1. The van der Waals surface area contributed by atoms with Crippen molar-refractivity contribution in [3.8, 4) is 5.69 Å². The van der Waals surface area contributed by atoms with E-state index in [0.29, 0.717) is 11.6 Å². The minimum absolute atomic E-state index is 0.579. The van der Waals surface area contributed by atoms with Crippen molar-refractivity contribution < 1.29 is 0 Å². The molecule has 0 atom stereocenters. The van der Waals surface area contributed by atoms with Crippen molar-refractivity contribution in [2.75, 3.05) is 5.32 Å². The molecular weight excluding hydrogens is 276 g/mol. The zero-order chi connectivity index (χ0) is 13.9. The summed E-state index contributed by atoms with van der Waals surface area (Å²) >= 11 is 6.29. The maximum absolute atomic E-state index is 6.29. The highest BCUT2D eigenvalue weighted by molar-refractivity contribution is 6.33. The molecule has 0 spiro atoms. The molecule has 0 unspecified atom stereocenters. The zero-order valence-electron chi connectivity index (χ0n) is 10.9. The fourth-order valence-electron chi connectivity index (χ4n) is 1.97. The fourth-order valence-corrected chi connectivity index (χ4v) is 2.25. The summed E-state index contributed by atoms with van der Waals surface area (Å²) in [5, 5.41) is 11.9. The number of benzene rings is 1. The van der Waals surface area contributed by atoms with E-state index in [-0.39, 0.29) is 0 Å². The third-order valence-corrected chi connectivity index (χ3v) is 3.16. The highest BCUT2D eigenvalue weighted by Gasteiger charge is 2.09. The molecule has 0 aliphatic carbocycles. The molecule has 3 rings (SSSR count). The summed E-state index contributed by atoms with van der Waals surface area (Å²) in [4.78, 5) is 4.05. The second-order valence-electron chi connectivity index (χ2n) is 4.34. The van der Waals surface area contributed by atoms with E-state index in [4.69, 9.17) is 11.6 Å². The van der Waals surface area contributed by atoms with Crippen LogP contribution in [0, 0.1) is 0 Å². The first kappa shape index (κ1) is 12.7. The summed E-state index contributed by atoms with van der Waals surface area (Å²) in [7, 11) is 1.84. The Labute approximate surface area is 121 Å². The normalized spacial score (nSPS) is 10.7. The van der Waals surface area contributed by atoms with Gasteiger partial charge in [0, 0.05) is 25.6 Å². The van der Waals surface area contributed by atoms with E-state index < -0.39 is 0 Å². The maximum atomic E-state index is 6.29. The summed E-state index contributed by atoms with van der Waals surface area (Å²) in [5.74, 6) is 0. The van der Waals surface area contributed by atoms with Gasteiger partial charge < -0.3 is 9.88 Å². The van der Waals surface area contributed by atoms with E-state index in [2.05, 4.69) is 20.6 Å². The van der Waals surface area contributed by atoms with Crippen LogP contribution in [0.2, 0.25) is 5.02 Å². The third kappa shape index (κ3) is 2.50. The van der Waals surface area contributed by atoms with Gasteiger partial charge in [-0.25, -0.2) is 4.98 Å². The van der Waals surface area contributed by atoms with Crippen LogP contribution in [0.4, 0.5) is 5.69 Å². The van der Waals surface area contributed by atoms with Crippen molar-refractivity contribution in [1.29, 1.82) is 0 Å². The second kappa shape index (κ2) is 5.34. The van der Waals surface area contributed by atoms with Gasteiger partial charge in [-0.05, 0) is 12.1 Å². The van der Waals surface area contributed by atoms with Crippen molar-refractivity contribution in [1.82, 2.24) is 24.5 Å². The number of nitrogens with one attached hydrogen (secondary N) is 1. The van der Waals surface area contributed by atoms with E-state index in [9.17, 15) is 0 Å². The lowest BCUT2D eigenvalue weighted by atomic mass is 10.2. The van der Waals surface area contributed by atoms with Crippen molar-refractivity contribution >= 4 is 17.3 Å². The average Bonchev–Trinajstić information content (AvgIpc) is 3.08. The first-order valence-electron chi connectivity index (χ1n) is 6.10. The quantitative estimate of drug-likeness (QED) is 0.800. The molecule has 2 heterocycles. The molecule has 0 saturated heterocycles. The molecule has 0 amide bonds. The van der Waals surface area contributed by atoms with E-state index >= 15 is 0 Å². The van der Waals surface area contributed by atoms with Crippen LogP contribution in [0.15, 0.2) is 43.1 Å². The van der Waals surface area contributed by atoms with Gasteiger partial charge >= 0.3 is 0 Å². The van der Waals surface area contributed by atoms with Crippen LogP contribution in [0.25, 0.3) is 5.69 Å². The Morgan fingerprint density at radius 3 is 2.95 bits per heavy atom. The SMILES string of the molecule is Cn1cc(CNc2cccc(Cl)c2-n2ccnc2)nn1. The Morgan fingerprint density at radius 1 is 1.35 bits per heavy atom. The molecule has 6 nitrogen and oxygen atoms in total. The zero-order valence-corrected chi connectivity index (χ0v) is 11.6. The minimum atomic E-state index is 0.579. The van der Waals surface area contributed by atoms with Crippen molar-refractivity contribution in [2.45, 2.75) is 6.54 Å². The lowest BCUT2D eigenvalue weighted by Gasteiger charge is -2.13. The Balaban J connectivity index is 1.88. The highest BCUT2D eigenvalue weighted by atomic mass is 35.5. The van der Waals surface area contributed by atoms with Crippen LogP contribution in [-0.4, -0.2) is 24.5 Å². The van der Waals surface area contributed by atoms with Gasteiger partial charge in [-0.15, -0.1) is 5.10 Å². The molecule has 7 heteroatoms. The van der Waals surface area contributed by atoms with Crippen LogP contribution in [0.5, 0.6) is 0 Å². The number of para-hydroxylation sites is 1. The van der Waals surface area contributed by atoms with Gasteiger partial charge in [0.15, 0.2) is 0 Å². The van der Waals surface area contributed by atoms with Crippen LogP contribution in [0.3, 0.4) is 0 Å². The standard InChI is InChI=1S/C13H13ClN6/c1-19-8-10(17-18-19)7-16-12-4-2-3-11(14)13(12)20-6-5-15-9-20/h2-6,8-9,16H,7H2,1H3. The molecule has 102 valence electrons. The molecular formula is C13H13ClN6. The number of imidazole rings is 1. The summed E-state index contributed by atoms with van der Waals surface area (Å²) in [5.41, 5.74) is 2.65. The van der Waals surface area contributed by atoms with Crippen LogP contribution < -0.4 is 5.32 Å². The van der Waals surface area contributed by atoms with Crippen LogP contribution in [0.1, 0.15) is 5.69 Å². The summed E-state index contributed by atoms with van der Waals surface area (Å²) in [6.07, 6.45) is 7.16. The maximum Gasteiger partial charge on any atom is 0.102 e. The molecule has 20 heavy (non-hydrogen) atoms. The Hall–Kier alpha value is -2.34. The molecule has 1 aromatic carbocycles. The summed E-state index contributed by atoms with van der Waals surface area (Å²) in [6, 6.07) is 5.73. The van der Waals surface area contributed by atoms with Gasteiger partial charge in [0.05, 0.1) is 29.3 Å². The lowest BCUT2D eigenvalue weighted by molar-refractivity contribution is 0.713. The molecule has 1 N–H and O–H groups in total. The van der Waals surface area contributed by atoms with Crippen LogP contribution >= 0.6 is 11.6 Å². The molecule has 0 fully saturated rings. The molecule has 0 aliphatic heterocycles. The van der Waals surface area contributed by atoms with Crippen molar-refractivity contribution in [3.63, 3.8) is 0 Å². The Bertz CT molecular complexity index is 703. The predicted molar refractivity (Wildman–Crippen MR) is 76.9 cm³/mol. The molecule has 0 radical (unpaired) electrons. The van der Waals surface area contributed by atoms with Crippen molar-refractivity contribution in [3.05, 3.63) is 53.8 Å². The number of hydrogen-bond donors (Lipinski definition) is 1.